The standard InChI is InChI=1S/C13H22N2OS/c1-4-13(5-2,9-14)12(16)15-10(3)11-7-6-8-17-11/h6-8,10H,4-5,9,14H2,1-3H3,(H,15,16)/t10-/m1/s1. The first-order chi connectivity index (χ1) is 8.09. The van der Waals surface area contributed by atoms with Crippen molar-refractivity contribution >= 4 is 17.2 Å². The lowest BCUT2D eigenvalue weighted by molar-refractivity contribution is -0.131. The maximum Gasteiger partial charge on any atom is 0.227 e. The molecule has 17 heavy (non-hydrogen) atoms. The highest BCUT2D eigenvalue weighted by molar-refractivity contribution is 7.10. The van der Waals surface area contributed by atoms with E-state index >= 15 is 0 Å². The van der Waals surface area contributed by atoms with Gasteiger partial charge in [-0.1, -0.05) is 19.9 Å². The van der Waals surface area contributed by atoms with E-state index in [-0.39, 0.29) is 11.9 Å². The van der Waals surface area contributed by atoms with Gasteiger partial charge in [-0.2, -0.15) is 0 Å². The second-order valence-electron chi connectivity index (χ2n) is 4.40. The molecule has 0 aliphatic carbocycles. The van der Waals surface area contributed by atoms with Gasteiger partial charge in [0, 0.05) is 11.4 Å². The van der Waals surface area contributed by atoms with E-state index in [1.165, 1.54) is 4.88 Å². The van der Waals surface area contributed by atoms with Crippen LogP contribution in [0.2, 0.25) is 0 Å². The number of rotatable bonds is 6. The maximum atomic E-state index is 12.3. The summed E-state index contributed by atoms with van der Waals surface area (Å²) in [5, 5.41) is 5.09. The SMILES string of the molecule is CCC(CC)(CN)C(=O)N[C@H](C)c1cccs1. The molecule has 1 amide bonds. The van der Waals surface area contributed by atoms with Crippen molar-refractivity contribution in [1.82, 2.24) is 5.32 Å². The summed E-state index contributed by atoms with van der Waals surface area (Å²) in [6.45, 7) is 6.46. The smallest absolute Gasteiger partial charge is 0.227 e. The van der Waals surface area contributed by atoms with Crippen LogP contribution in [0, 0.1) is 5.41 Å². The molecule has 1 rings (SSSR count). The molecule has 0 saturated heterocycles. The van der Waals surface area contributed by atoms with Crippen LogP contribution in [0.25, 0.3) is 0 Å². The fourth-order valence-corrected chi connectivity index (χ4v) is 2.65. The van der Waals surface area contributed by atoms with Crippen LogP contribution < -0.4 is 11.1 Å². The van der Waals surface area contributed by atoms with Crippen LogP contribution >= 0.6 is 11.3 Å². The van der Waals surface area contributed by atoms with Crippen LogP contribution in [0.5, 0.6) is 0 Å². The minimum absolute atomic E-state index is 0.0616. The highest BCUT2D eigenvalue weighted by Crippen LogP contribution is 2.27. The lowest BCUT2D eigenvalue weighted by atomic mass is 9.81. The van der Waals surface area contributed by atoms with E-state index in [0.29, 0.717) is 6.54 Å². The van der Waals surface area contributed by atoms with Crippen molar-refractivity contribution in [3.8, 4) is 0 Å². The van der Waals surface area contributed by atoms with Gasteiger partial charge in [-0.05, 0) is 31.2 Å². The van der Waals surface area contributed by atoms with Gasteiger partial charge in [0.15, 0.2) is 0 Å². The summed E-state index contributed by atoms with van der Waals surface area (Å²) in [5.74, 6) is 0.0749. The molecule has 0 aliphatic heterocycles. The van der Waals surface area contributed by atoms with Gasteiger partial charge in [0.2, 0.25) is 5.91 Å². The van der Waals surface area contributed by atoms with Crippen LogP contribution in [-0.2, 0) is 4.79 Å². The highest BCUT2D eigenvalue weighted by atomic mass is 32.1. The van der Waals surface area contributed by atoms with E-state index in [2.05, 4.69) is 5.32 Å². The molecule has 1 aromatic heterocycles. The topological polar surface area (TPSA) is 55.1 Å². The number of nitrogens with two attached hydrogens (primary N) is 1. The van der Waals surface area contributed by atoms with Crippen molar-refractivity contribution in [2.75, 3.05) is 6.54 Å². The molecule has 0 bridgehead atoms. The highest BCUT2D eigenvalue weighted by Gasteiger charge is 2.34. The average Bonchev–Trinajstić information content (AvgIpc) is 2.85. The van der Waals surface area contributed by atoms with Gasteiger partial charge in [0.05, 0.1) is 11.5 Å². The van der Waals surface area contributed by atoms with Crippen molar-refractivity contribution in [2.45, 2.75) is 39.7 Å². The Kier molecular flexibility index (Phi) is 5.15. The third kappa shape index (κ3) is 3.07. The molecule has 4 heteroatoms. The summed E-state index contributed by atoms with van der Waals surface area (Å²) in [7, 11) is 0. The largest absolute Gasteiger partial charge is 0.348 e. The number of carbonyl (C=O) groups excluding carboxylic acids is 1. The van der Waals surface area contributed by atoms with Crippen molar-refractivity contribution in [3.05, 3.63) is 22.4 Å². The Morgan fingerprint density at radius 2 is 2.18 bits per heavy atom. The molecule has 0 unspecified atom stereocenters. The van der Waals surface area contributed by atoms with E-state index in [4.69, 9.17) is 5.73 Å². The first-order valence-corrected chi connectivity index (χ1v) is 7.02. The Hall–Kier alpha value is -0.870. The number of amides is 1. The Bertz CT molecular complexity index is 336. The summed E-state index contributed by atoms with van der Waals surface area (Å²) < 4.78 is 0. The van der Waals surface area contributed by atoms with Crippen molar-refractivity contribution < 1.29 is 4.79 Å². The van der Waals surface area contributed by atoms with Crippen LogP contribution in [-0.4, -0.2) is 12.5 Å². The molecule has 3 N–H and O–H groups in total. The second-order valence-corrected chi connectivity index (χ2v) is 5.38. The van der Waals surface area contributed by atoms with Crippen LogP contribution in [0.3, 0.4) is 0 Å². The zero-order valence-electron chi connectivity index (χ0n) is 10.8. The van der Waals surface area contributed by atoms with Gasteiger partial charge in [-0.3, -0.25) is 4.79 Å². The van der Waals surface area contributed by atoms with E-state index in [1.807, 2.05) is 38.3 Å². The van der Waals surface area contributed by atoms with Gasteiger partial charge >= 0.3 is 0 Å². The fraction of sp³-hybridized carbons (Fsp3) is 0.615. The molecule has 0 aliphatic rings. The summed E-state index contributed by atoms with van der Waals surface area (Å²) in [4.78, 5) is 13.5. The van der Waals surface area contributed by atoms with Gasteiger partial charge in [-0.25, -0.2) is 0 Å². The zero-order valence-corrected chi connectivity index (χ0v) is 11.6. The number of hydrogen-bond donors (Lipinski definition) is 2. The monoisotopic (exact) mass is 254 g/mol. The third-order valence-electron chi connectivity index (χ3n) is 3.54. The Morgan fingerprint density at radius 1 is 1.53 bits per heavy atom. The molecule has 1 atom stereocenters. The first kappa shape index (κ1) is 14.2. The van der Waals surface area contributed by atoms with E-state index in [1.54, 1.807) is 11.3 Å². The lowest BCUT2D eigenvalue weighted by Gasteiger charge is -2.30. The lowest BCUT2D eigenvalue weighted by Crippen LogP contribution is -2.45. The number of thiophene rings is 1. The number of carbonyl (C=O) groups is 1. The molecular formula is C13H22N2OS. The summed E-state index contributed by atoms with van der Waals surface area (Å²) in [6, 6.07) is 4.10. The molecule has 0 spiro atoms. The Balaban J connectivity index is 2.71. The number of nitrogens with one attached hydrogen (secondary N) is 1. The van der Waals surface area contributed by atoms with Gasteiger partial charge in [-0.15, -0.1) is 11.3 Å². The van der Waals surface area contributed by atoms with Crippen molar-refractivity contribution in [2.24, 2.45) is 11.1 Å². The van der Waals surface area contributed by atoms with E-state index in [0.717, 1.165) is 12.8 Å². The molecule has 0 saturated carbocycles. The zero-order chi connectivity index (χ0) is 12.9. The minimum atomic E-state index is -0.411. The van der Waals surface area contributed by atoms with Gasteiger partial charge < -0.3 is 11.1 Å². The second kappa shape index (κ2) is 6.17. The minimum Gasteiger partial charge on any atom is -0.348 e. The van der Waals surface area contributed by atoms with Crippen molar-refractivity contribution in [3.63, 3.8) is 0 Å². The molecule has 96 valence electrons. The normalized spacial score (nSPS) is 13.4. The first-order valence-electron chi connectivity index (χ1n) is 6.14. The summed E-state index contributed by atoms with van der Waals surface area (Å²) in [6.07, 6.45) is 1.56. The number of hydrogen-bond acceptors (Lipinski definition) is 3. The Labute approximate surface area is 107 Å². The molecule has 0 radical (unpaired) electrons. The molecule has 1 heterocycles. The van der Waals surface area contributed by atoms with Crippen LogP contribution in [0.15, 0.2) is 17.5 Å². The van der Waals surface area contributed by atoms with Gasteiger partial charge in [0.1, 0.15) is 0 Å². The van der Waals surface area contributed by atoms with Crippen molar-refractivity contribution in [1.29, 1.82) is 0 Å². The molecule has 3 nitrogen and oxygen atoms in total. The van der Waals surface area contributed by atoms with E-state index < -0.39 is 5.41 Å². The summed E-state index contributed by atoms with van der Waals surface area (Å²) >= 11 is 1.66. The average molecular weight is 254 g/mol. The molecule has 1 aromatic rings. The van der Waals surface area contributed by atoms with Gasteiger partial charge in [0.25, 0.3) is 0 Å². The molecule has 0 fully saturated rings. The van der Waals surface area contributed by atoms with Crippen LogP contribution in [0.4, 0.5) is 0 Å². The maximum absolute atomic E-state index is 12.3. The van der Waals surface area contributed by atoms with Crippen LogP contribution in [0.1, 0.15) is 44.5 Å². The molecular weight excluding hydrogens is 232 g/mol. The third-order valence-corrected chi connectivity index (χ3v) is 4.60. The molecule has 0 aromatic carbocycles. The fourth-order valence-electron chi connectivity index (χ4n) is 1.91. The van der Waals surface area contributed by atoms with E-state index in [9.17, 15) is 4.79 Å². The quantitative estimate of drug-likeness (QED) is 0.820. The summed E-state index contributed by atoms with van der Waals surface area (Å²) in [5.41, 5.74) is 5.35. The Morgan fingerprint density at radius 3 is 2.59 bits per heavy atom. The predicted molar refractivity (Wildman–Crippen MR) is 72.9 cm³/mol. The predicted octanol–water partition coefficient (Wildman–Crippen LogP) is 2.69.